The van der Waals surface area contributed by atoms with Gasteiger partial charge in [0.05, 0.1) is 6.61 Å². The highest BCUT2D eigenvalue weighted by atomic mass is 16.5. The van der Waals surface area contributed by atoms with Crippen molar-refractivity contribution in [3.05, 3.63) is 54.1 Å². The maximum Gasteiger partial charge on any atom is 0.119 e. The summed E-state index contributed by atoms with van der Waals surface area (Å²) in [6, 6.07) is 17.9. The summed E-state index contributed by atoms with van der Waals surface area (Å²) < 4.78 is 5.89. The Labute approximate surface area is 172 Å². The van der Waals surface area contributed by atoms with Gasteiger partial charge in [0.1, 0.15) is 5.75 Å². The largest absolute Gasteiger partial charge is 0.494 e. The van der Waals surface area contributed by atoms with E-state index in [1.165, 1.54) is 74.5 Å². The smallest absolute Gasteiger partial charge is 0.119 e. The highest BCUT2D eigenvalue weighted by Crippen LogP contribution is 2.37. The Morgan fingerprint density at radius 3 is 1.93 bits per heavy atom. The third-order valence-electron chi connectivity index (χ3n) is 6.51. The van der Waals surface area contributed by atoms with Crippen molar-refractivity contribution in [2.24, 2.45) is 5.92 Å². The van der Waals surface area contributed by atoms with Gasteiger partial charge in [0.25, 0.3) is 0 Å². The molecule has 0 unspecified atom stereocenters. The van der Waals surface area contributed by atoms with Crippen LogP contribution in [0.15, 0.2) is 48.5 Å². The summed E-state index contributed by atoms with van der Waals surface area (Å²) >= 11 is 0. The molecule has 152 valence electrons. The van der Waals surface area contributed by atoms with Crippen molar-refractivity contribution in [3.8, 4) is 16.9 Å². The lowest BCUT2D eigenvalue weighted by atomic mass is 9.77. The maximum absolute atomic E-state index is 5.89. The van der Waals surface area contributed by atoms with E-state index in [1.807, 2.05) is 0 Å². The number of rotatable bonds is 10. The van der Waals surface area contributed by atoms with Crippen LogP contribution in [0.2, 0.25) is 0 Å². The van der Waals surface area contributed by atoms with Gasteiger partial charge in [0.15, 0.2) is 0 Å². The quantitative estimate of drug-likeness (QED) is 0.377. The molecular weight excluding hydrogens is 340 g/mol. The second-order valence-corrected chi connectivity index (χ2v) is 8.53. The molecule has 1 fully saturated rings. The fraction of sp³-hybridized carbons (Fsp3) is 0.556. The van der Waals surface area contributed by atoms with Crippen LogP contribution in [0.25, 0.3) is 11.1 Å². The first-order valence-corrected chi connectivity index (χ1v) is 11.6. The van der Waals surface area contributed by atoms with Gasteiger partial charge in [-0.25, -0.2) is 0 Å². The molecule has 0 amide bonds. The highest BCUT2D eigenvalue weighted by molar-refractivity contribution is 5.64. The van der Waals surface area contributed by atoms with E-state index in [0.29, 0.717) is 0 Å². The van der Waals surface area contributed by atoms with Gasteiger partial charge in [-0.1, -0.05) is 82.3 Å². The van der Waals surface area contributed by atoms with Gasteiger partial charge in [0.2, 0.25) is 0 Å². The van der Waals surface area contributed by atoms with Crippen molar-refractivity contribution in [1.29, 1.82) is 0 Å². The SMILES string of the molecule is CCCCCCCOc1ccc(-c2ccc(C3CCC(CC)CC3)cc2)cc1. The molecular formula is C27H38O. The highest BCUT2D eigenvalue weighted by Gasteiger charge is 2.21. The fourth-order valence-electron chi connectivity index (χ4n) is 4.49. The topological polar surface area (TPSA) is 9.23 Å². The van der Waals surface area contributed by atoms with Crippen LogP contribution in [0.5, 0.6) is 5.75 Å². The molecule has 1 saturated carbocycles. The number of benzene rings is 2. The second kappa shape index (κ2) is 11.3. The van der Waals surface area contributed by atoms with Crippen LogP contribution in [-0.4, -0.2) is 6.61 Å². The molecule has 28 heavy (non-hydrogen) atoms. The Morgan fingerprint density at radius 1 is 0.714 bits per heavy atom. The molecule has 2 aromatic carbocycles. The lowest BCUT2D eigenvalue weighted by Gasteiger charge is -2.28. The van der Waals surface area contributed by atoms with Crippen LogP contribution < -0.4 is 4.74 Å². The number of hydrogen-bond acceptors (Lipinski definition) is 1. The zero-order valence-electron chi connectivity index (χ0n) is 18.0. The third kappa shape index (κ3) is 6.12. The predicted molar refractivity (Wildman–Crippen MR) is 121 cm³/mol. The molecule has 0 aliphatic heterocycles. The van der Waals surface area contributed by atoms with E-state index in [2.05, 4.69) is 62.4 Å². The average Bonchev–Trinajstić information content (AvgIpc) is 2.77. The first kappa shape index (κ1) is 21.0. The van der Waals surface area contributed by atoms with Gasteiger partial charge in [0, 0.05) is 0 Å². The summed E-state index contributed by atoms with van der Waals surface area (Å²) in [6.45, 7) is 5.42. The summed E-state index contributed by atoms with van der Waals surface area (Å²) in [5.41, 5.74) is 4.11. The molecule has 2 aromatic rings. The van der Waals surface area contributed by atoms with Crippen molar-refractivity contribution in [2.75, 3.05) is 6.61 Å². The fourth-order valence-corrected chi connectivity index (χ4v) is 4.49. The standard InChI is InChI=1S/C27H38O/c1-3-5-6-7-8-21-28-27-19-17-26(18-20-27)25-15-13-24(14-16-25)23-11-9-22(4-2)10-12-23/h13-20,22-23H,3-12,21H2,1-2H3. The minimum Gasteiger partial charge on any atom is -0.494 e. The lowest BCUT2D eigenvalue weighted by molar-refractivity contribution is 0.304. The van der Waals surface area contributed by atoms with E-state index < -0.39 is 0 Å². The molecule has 1 nitrogen and oxygen atoms in total. The summed E-state index contributed by atoms with van der Waals surface area (Å²) in [5.74, 6) is 2.72. The molecule has 0 spiro atoms. The second-order valence-electron chi connectivity index (χ2n) is 8.53. The molecule has 0 heterocycles. The zero-order valence-corrected chi connectivity index (χ0v) is 18.0. The first-order chi connectivity index (χ1) is 13.8. The van der Waals surface area contributed by atoms with Gasteiger partial charge in [-0.3, -0.25) is 0 Å². The Balaban J connectivity index is 1.48. The van der Waals surface area contributed by atoms with Crippen LogP contribution in [0.4, 0.5) is 0 Å². The Bertz CT molecular complexity index is 662. The van der Waals surface area contributed by atoms with Crippen LogP contribution in [0, 0.1) is 5.92 Å². The molecule has 1 heteroatoms. The van der Waals surface area contributed by atoms with Gasteiger partial charge < -0.3 is 4.74 Å². The van der Waals surface area contributed by atoms with E-state index in [1.54, 1.807) is 0 Å². The molecule has 0 bridgehead atoms. The van der Waals surface area contributed by atoms with Crippen molar-refractivity contribution in [2.45, 2.75) is 84.0 Å². The van der Waals surface area contributed by atoms with E-state index in [0.717, 1.165) is 30.6 Å². The van der Waals surface area contributed by atoms with Gasteiger partial charge >= 0.3 is 0 Å². The molecule has 0 aromatic heterocycles. The molecule has 0 N–H and O–H groups in total. The van der Waals surface area contributed by atoms with Crippen LogP contribution in [0.3, 0.4) is 0 Å². The molecule has 0 saturated heterocycles. The number of ether oxygens (including phenoxy) is 1. The third-order valence-corrected chi connectivity index (χ3v) is 6.51. The van der Waals surface area contributed by atoms with E-state index in [4.69, 9.17) is 4.74 Å². The molecule has 0 atom stereocenters. The Kier molecular flexibility index (Phi) is 8.45. The van der Waals surface area contributed by atoms with E-state index >= 15 is 0 Å². The minimum atomic E-state index is 0.768. The molecule has 3 rings (SSSR count). The molecule has 0 radical (unpaired) electrons. The van der Waals surface area contributed by atoms with Crippen molar-refractivity contribution in [1.82, 2.24) is 0 Å². The zero-order chi connectivity index (χ0) is 19.6. The van der Waals surface area contributed by atoms with Gasteiger partial charge in [-0.05, 0) is 72.8 Å². The van der Waals surface area contributed by atoms with Crippen LogP contribution in [0.1, 0.15) is 89.5 Å². The summed E-state index contributed by atoms with van der Waals surface area (Å²) in [5, 5.41) is 0. The first-order valence-electron chi connectivity index (χ1n) is 11.6. The number of hydrogen-bond donors (Lipinski definition) is 0. The summed E-state index contributed by atoms with van der Waals surface area (Å²) in [6.07, 6.45) is 13.3. The van der Waals surface area contributed by atoms with Crippen molar-refractivity contribution < 1.29 is 4.74 Å². The average molecular weight is 379 g/mol. The molecule has 1 aliphatic rings. The Morgan fingerprint density at radius 2 is 1.32 bits per heavy atom. The van der Waals surface area contributed by atoms with Gasteiger partial charge in [-0.15, -0.1) is 0 Å². The summed E-state index contributed by atoms with van der Waals surface area (Å²) in [7, 11) is 0. The van der Waals surface area contributed by atoms with E-state index in [9.17, 15) is 0 Å². The normalized spacial score (nSPS) is 19.5. The van der Waals surface area contributed by atoms with Crippen LogP contribution >= 0.6 is 0 Å². The van der Waals surface area contributed by atoms with Crippen LogP contribution in [-0.2, 0) is 0 Å². The Hall–Kier alpha value is -1.76. The van der Waals surface area contributed by atoms with Gasteiger partial charge in [-0.2, -0.15) is 0 Å². The predicted octanol–water partition coefficient (Wildman–Crippen LogP) is 8.39. The number of unbranched alkanes of at least 4 members (excludes halogenated alkanes) is 4. The monoisotopic (exact) mass is 378 g/mol. The molecule has 1 aliphatic carbocycles. The lowest BCUT2D eigenvalue weighted by Crippen LogP contribution is -2.12. The minimum absolute atomic E-state index is 0.768. The maximum atomic E-state index is 5.89. The van der Waals surface area contributed by atoms with Crippen molar-refractivity contribution >= 4 is 0 Å². The summed E-state index contributed by atoms with van der Waals surface area (Å²) in [4.78, 5) is 0. The van der Waals surface area contributed by atoms with E-state index in [-0.39, 0.29) is 0 Å². The van der Waals surface area contributed by atoms with Crippen molar-refractivity contribution in [3.63, 3.8) is 0 Å².